The van der Waals surface area contributed by atoms with E-state index < -0.39 is 0 Å². The lowest BCUT2D eigenvalue weighted by atomic mass is 10.1. The van der Waals surface area contributed by atoms with Crippen LogP contribution in [-0.4, -0.2) is 21.6 Å². The van der Waals surface area contributed by atoms with Gasteiger partial charge in [0.1, 0.15) is 23.7 Å². The monoisotopic (exact) mass is 358 g/mol. The lowest BCUT2D eigenvalue weighted by Gasteiger charge is -2.21. The van der Waals surface area contributed by atoms with E-state index in [4.69, 9.17) is 4.74 Å². The minimum Gasteiger partial charge on any atom is -0.489 e. The summed E-state index contributed by atoms with van der Waals surface area (Å²) >= 11 is 0. The van der Waals surface area contributed by atoms with Gasteiger partial charge >= 0.3 is 0 Å². The molecular weight excluding hydrogens is 336 g/mol. The van der Waals surface area contributed by atoms with Crippen LogP contribution in [0.1, 0.15) is 11.1 Å². The van der Waals surface area contributed by atoms with Crippen molar-refractivity contribution in [3.8, 4) is 5.75 Å². The first kappa shape index (κ1) is 17.1. The first-order valence-electron chi connectivity index (χ1n) is 8.90. The van der Waals surface area contributed by atoms with Gasteiger partial charge in [0, 0.05) is 25.8 Å². The number of anilines is 2. The zero-order chi connectivity index (χ0) is 18.8. The minimum atomic E-state index is 0.564. The summed E-state index contributed by atoms with van der Waals surface area (Å²) in [6, 6.07) is 18.4. The van der Waals surface area contributed by atoms with Crippen LogP contribution < -0.4 is 9.64 Å². The number of rotatable bonds is 5. The number of hydrogen-bond donors (Lipinski definition) is 0. The summed E-state index contributed by atoms with van der Waals surface area (Å²) in [6.45, 7) is 2.65. The number of fused-ring (bicyclic) bond motifs is 1. The van der Waals surface area contributed by atoms with Crippen molar-refractivity contribution in [3.63, 3.8) is 0 Å². The second-order valence-electron chi connectivity index (χ2n) is 6.67. The molecule has 0 saturated heterocycles. The molecule has 0 radical (unpaired) electrons. The molecule has 5 nitrogen and oxygen atoms in total. The molecule has 0 bridgehead atoms. The maximum absolute atomic E-state index is 5.93. The zero-order valence-corrected chi connectivity index (χ0v) is 15.8. The van der Waals surface area contributed by atoms with Crippen LogP contribution in [0.15, 0.2) is 67.1 Å². The maximum atomic E-state index is 5.93. The van der Waals surface area contributed by atoms with Gasteiger partial charge < -0.3 is 14.2 Å². The Bertz CT molecular complexity index is 1070. The molecule has 136 valence electrons. The highest BCUT2D eigenvalue weighted by Gasteiger charge is 2.11. The topological polar surface area (TPSA) is 43.2 Å². The average Bonchev–Trinajstić information content (AvgIpc) is 3.07. The third-order valence-electron chi connectivity index (χ3n) is 4.72. The molecule has 4 rings (SSSR count). The smallest absolute Gasteiger partial charge is 0.134 e. The summed E-state index contributed by atoms with van der Waals surface area (Å²) in [6.07, 6.45) is 3.62. The number of aromatic nitrogens is 3. The maximum Gasteiger partial charge on any atom is 0.134 e. The second-order valence-corrected chi connectivity index (χ2v) is 6.67. The van der Waals surface area contributed by atoms with E-state index in [-0.39, 0.29) is 0 Å². The SMILES string of the molecule is Cc1cc(OCc2ccccc2)ccc1N(C)c1cc2c(cn1)ncn2C. The first-order valence-corrected chi connectivity index (χ1v) is 8.90. The number of ether oxygens (including phenoxy) is 1. The van der Waals surface area contributed by atoms with Gasteiger partial charge in [0.05, 0.1) is 18.0 Å². The molecule has 0 atom stereocenters. The highest BCUT2D eigenvalue weighted by atomic mass is 16.5. The quantitative estimate of drug-likeness (QED) is 0.522. The number of benzene rings is 2. The fraction of sp³-hybridized carbons (Fsp3) is 0.182. The summed E-state index contributed by atoms with van der Waals surface area (Å²) in [4.78, 5) is 11.0. The molecular formula is C22H22N4O. The number of hydrogen-bond acceptors (Lipinski definition) is 4. The molecule has 0 spiro atoms. The molecule has 4 aromatic rings. The van der Waals surface area contributed by atoms with Crippen LogP contribution >= 0.6 is 0 Å². The molecule has 0 aliphatic heterocycles. The molecule has 2 heterocycles. The second kappa shape index (κ2) is 7.11. The summed E-state index contributed by atoms with van der Waals surface area (Å²) in [5.74, 6) is 1.75. The normalized spacial score (nSPS) is 10.9. The number of aryl methyl sites for hydroxylation is 2. The van der Waals surface area contributed by atoms with Gasteiger partial charge in [-0.1, -0.05) is 30.3 Å². The Balaban J connectivity index is 1.54. The zero-order valence-electron chi connectivity index (χ0n) is 15.8. The molecule has 0 aliphatic carbocycles. The molecule has 0 N–H and O–H groups in total. The molecule has 2 aromatic heterocycles. The first-order chi connectivity index (χ1) is 13.1. The lowest BCUT2D eigenvalue weighted by Crippen LogP contribution is -2.12. The van der Waals surface area contributed by atoms with Gasteiger partial charge in [-0.25, -0.2) is 9.97 Å². The van der Waals surface area contributed by atoms with Gasteiger partial charge in [-0.2, -0.15) is 0 Å². The van der Waals surface area contributed by atoms with E-state index in [9.17, 15) is 0 Å². The fourth-order valence-corrected chi connectivity index (χ4v) is 3.16. The highest BCUT2D eigenvalue weighted by molar-refractivity contribution is 5.79. The van der Waals surface area contributed by atoms with Crippen LogP contribution in [0, 0.1) is 6.92 Å². The van der Waals surface area contributed by atoms with Crippen LogP contribution in [0.3, 0.4) is 0 Å². The number of nitrogens with zero attached hydrogens (tertiary/aromatic N) is 4. The van der Waals surface area contributed by atoms with Gasteiger partial charge in [0.15, 0.2) is 0 Å². The lowest BCUT2D eigenvalue weighted by molar-refractivity contribution is 0.306. The average molecular weight is 358 g/mol. The van der Waals surface area contributed by atoms with Crippen molar-refractivity contribution >= 4 is 22.5 Å². The van der Waals surface area contributed by atoms with Crippen molar-refractivity contribution in [2.24, 2.45) is 7.05 Å². The van der Waals surface area contributed by atoms with Gasteiger partial charge in [0.2, 0.25) is 0 Å². The van der Waals surface area contributed by atoms with E-state index in [0.29, 0.717) is 6.61 Å². The number of pyridine rings is 1. The minimum absolute atomic E-state index is 0.564. The van der Waals surface area contributed by atoms with Crippen LogP contribution in [-0.2, 0) is 13.7 Å². The molecule has 0 unspecified atom stereocenters. The summed E-state index contributed by atoms with van der Waals surface area (Å²) in [7, 11) is 4.01. The van der Waals surface area contributed by atoms with Gasteiger partial charge in [-0.3, -0.25) is 0 Å². The van der Waals surface area contributed by atoms with Crippen molar-refractivity contribution in [1.29, 1.82) is 0 Å². The molecule has 2 aromatic carbocycles. The van der Waals surface area contributed by atoms with Crippen molar-refractivity contribution in [3.05, 3.63) is 78.2 Å². The summed E-state index contributed by atoms with van der Waals surface area (Å²) in [5, 5.41) is 0. The van der Waals surface area contributed by atoms with E-state index in [0.717, 1.165) is 39.4 Å². The molecule has 27 heavy (non-hydrogen) atoms. The van der Waals surface area contributed by atoms with Gasteiger partial charge in [0.25, 0.3) is 0 Å². The Morgan fingerprint density at radius 2 is 1.85 bits per heavy atom. The molecule has 0 fully saturated rings. The van der Waals surface area contributed by atoms with Gasteiger partial charge in [-0.15, -0.1) is 0 Å². The Morgan fingerprint density at radius 3 is 2.63 bits per heavy atom. The highest BCUT2D eigenvalue weighted by Crippen LogP contribution is 2.30. The van der Waals surface area contributed by atoms with E-state index >= 15 is 0 Å². The van der Waals surface area contributed by atoms with Crippen LogP contribution in [0.4, 0.5) is 11.5 Å². The standard InChI is InChI=1S/C22H22N4O/c1-16-11-18(27-14-17-7-5-4-6-8-17)9-10-20(16)26(3)22-12-21-19(13-23-22)24-15-25(21)2/h4-13,15H,14H2,1-3H3. The van der Waals surface area contributed by atoms with E-state index in [1.807, 2.05) is 49.1 Å². The Morgan fingerprint density at radius 1 is 1.04 bits per heavy atom. The van der Waals surface area contributed by atoms with E-state index in [1.54, 1.807) is 6.33 Å². The van der Waals surface area contributed by atoms with Crippen molar-refractivity contribution in [1.82, 2.24) is 14.5 Å². The Kier molecular flexibility index (Phi) is 4.50. The number of imidazole rings is 1. The van der Waals surface area contributed by atoms with E-state index in [2.05, 4.69) is 52.1 Å². The summed E-state index contributed by atoms with van der Waals surface area (Å²) < 4.78 is 7.93. The van der Waals surface area contributed by atoms with Crippen molar-refractivity contribution < 1.29 is 4.74 Å². The Hall–Kier alpha value is -3.34. The van der Waals surface area contributed by atoms with Crippen LogP contribution in [0.5, 0.6) is 5.75 Å². The predicted molar refractivity (Wildman–Crippen MR) is 109 cm³/mol. The largest absolute Gasteiger partial charge is 0.489 e. The van der Waals surface area contributed by atoms with Crippen molar-refractivity contribution in [2.45, 2.75) is 13.5 Å². The molecule has 5 heteroatoms. The molecule has 0 amide bonds. The van der Waals surface area contributed by atoms with Crippen LogP contribution in [0.25, 0.3) is 11.0 Å². The third-order valence-corrected chi connectivity index (χ3v) is 4.72. The third kappa shape index (κ3) is 3.49. The fourth-order valence-electron chi connectivity index (χ4n) is 3.16. The van der Waals surface area contributed by atoms with E-state index in [1.165, 1.54) is 0 Å². The Labute approximate surface area is 158 Å². The van der Waals surface area contributed by atoms with Crippen molar-refractivity contribution in [2.75, 3.05) is 11.9 Å². The summed E-state index contributed by atoms with van der Waals surface area (Å²) in [5.41, 5.74) is 5.35. The van der Waals surface area contributed by atoms with Crippen LogP contribution in [0.2, 0.25) is 0 Å². The molecule has 0 aliphatic rings. The predicted octanol–water partition coefficient (Wildman–Crippen LogP) is 4.62. The molecule has 0 saturated carbocycles. The van der Waals surface area contributed by atoms with Gasteiger partial charge in [-0.05, 0) is 36.2 Å².